The van der Waals surface area contributed by atoms with E-state index in [2.05, 4.69) is 55.6 Å². The molecule has 1 aliphatic heterocycles. The van der Waals surface area contributed by atoms with Gasteiger partial charge in [0.15, 0.2) is 0 Å². The number of para-hydroxylation sites is 1. The van der Waals surface area contributed by atoms with Crippen LogP contribution in [0.3, 0.4) is 0 Å². The summed E-state index contributed by atoms with van der Waals surface area (Å²) in [7, 11) is 0. The van der Waals surface area contributed by atoms with E-state index in [1.165, 1.54) is 5.56 Å². The van der Waals surface area contributed by atoms with Crippen molar-refractivity contribution in [3.05, 3.63) is 114 Å². The highest BCUT2D eigenvalue weighted by Gasteiger charge is 2.40. The Kier molecular flexibility index (Phi) is 9.86. The van der Waals surface area contributed by atoms with E-state index in [-0.39, 0.29) is 11.8 Å². The van der Waals surface area contributed by atoms with Crippen LogP contribution >= 0.6 is 0 Å². The minimum Gasteiger partial charge on any atom is -0.369 e. The SMILES string of the molecule is CCCCC(C(N)=O)C(CC1CCC1)C(=O)NC1C(=O)N(Cc2cccc(-c3ccc(C)cc3)c2)c2ccccc2-c2ccccc21. The second-order valence-corrected chi connectivity index (χ2v) is 13.3. The van der Waals surface area contributed by atoms with Crippen LogP contribution in [0.2, 0.25) is 0 Å². The molecule has 3 N–H and O–H groups in total. The van der Waals surface area contributed by atoms with Gasteiger partial charge in [-0.25, -0.2) is 0 Å². The Labute approximate surface area is 278 Å². The number of primary amides is 1. The van der Waals surface area contributed by atoms with Gasteiger partial charge in [0, 0.05) is 17.4 Å². The molecule has 47 heavy (non-hydrogen) atoms. The molecule has 0 saturated heterocycles. The van der Waals surface area contributed by atoms with Gasteiger partial charge in [-0.2, -0.15) is 0 Å². The number of nitrogens with one attached hydrogen (secondary N) is 1. The fourth-order valence-corrected chi connectivity index (χ4v) is 7.18. The second-order valence-electron chi connectivity index (χ2n) is 13.3. The standard InChI is InChI=1S/C41H45N3O3/c1-3-4-15-35(39(42)45)36(25-28-11-9-12-28)40(46)43-38-34-18-6-5-16-32(34)33-17-7-8-19-37(33)44(41(38)47)26-29-13-10-14-31(24-29)30-22-20-27(2)21-23-30/h5-8,10,13-14,16-24,28,35-36,38H,3-4,9,11-12,15,25-26H2,1-2H3,(H2,42,45)(H,43,46). The number of nitrogens with two attached hydrogens (primary N) is 1. The van der Waals surface area contributed by atoms with Crippen LogP contribution in [0.15, 0.2) is 97.1 Å². The first-order chi connectivity index (χ1) is 22.8. The van der Waals surface area contributed by atoms with Crippen LogP contribution in [0, 0.1) is 24.7 Å². The summed E-state index contributed by atoms with van der Waals surface area (Å²) in [6.07, 6.45) is 6.16. The molecular weight excluding hydrogens is 582 g/mol. The molecule has 1 aliphatic carbocycles. The Balaban J connectivity index is 1.37. The highest BCUT2D eigenvalue weighted by Crippen LogP contribution is 2.42. The van der Waals surface area contributed by atoms with Crippen molar-refractivity contribution in [1.82, 2.24) is 5.32 Å². The quantitative estimate of drug-likeness (QED) is 0.166. The van der Waals surface area contributed by atoms with Crippen LogP contribution in [-0.4, -0.2) is 17.7 Å². The summed E-state index contributed by atoms with van der Waals surface area (Å²) < 4.78 is 0. The number of aryl methyl sites for hydroxylation is 1. The molecule has 6 rings (SSSR count). The molecule has 6 nitrogen and oxygen atoms in total. The minimum absolute atomic E-state index is 0.205. The van der Waals surface area contributed by atoms with Crippen molar-refractivity contribution in [3.8, 4) is 22.3 Å². The molecule has 0 bridgehead atoms. The third-order valence-corrected chi connectivity index (χ3v) is 10.1. The number of amides is 3. The number of nitrogens with zero attached hydrogens (tertiary/aromatic N) is 1. The summed E-state index contributed by atoms with van der Waals surface area (Å²) in [5, 5.41) is 3.19. The topological polar surface area (TPSA) is 92.5 Å². The molecule has 3 atom stereocenters. The molecule has 4 aromatic carbocycles. The summed E-state index contributed by atoms with van der Waals surface area (Å²) in [6, 6.07) is 31.6. The molecule has 3 unspecified atom stereocenters. The molecule has 1 heterocycles. The predicted octanol–water partition coefficient (Wildman–Crippen LogP) is 8.13. The Morgan fingerprint density at radius 1 is 0.872 bits per heavy atom. The van der Waals surface area contributed by atoms with Gasteiger partial charge in [-0.05, 0) is 65.6 Å². The first-order valence-electron chi connectivity index (χ1n) is 17.1. The summed E-state index contributed by atoms with van der Waals surface area (Å²) >= 11 is 0. The largest absolute Gasteiger partial charge is 0.369 e. The zero-order chi connectivity index (χ0) is 32.9. The average Bonchev–Trinajstić information content (AvgIpc) is 3.15. The van der Waals surface area contributed by atoms with Crippen molar-refractivity contribution in [1.29, 1.82) is 0 Å². The van der Waals surface area contributed by atoms with Crippen LogP contribution in [-0.2, 0) is 20.9 Å². The van der Waals surface area contributed by atoms with Gasteiger partial charge in [-0.3, -0.25) is 14.4 Å². The van der Waals surface area contributed by atoms with Crippen molar-refractivity contribution in [2.24, 2.45) is 23.5 Å². The lowest BCUT2D eigenvalue weighted by Crippen LogP contribution is -2.47. The van der Waals surface area contributed by atoms with Gasteiger partial charge in [0.2, 0.25) is 11.8 Å². The number of hydrogen-bond donors (Lipinski definition) is 2. The Morgan fingerprint density at radius 3 is 2.30 bits per heavy atom. The number of anilines is 1. The van der Waals surface area contributed by atoms with E-state index < -0.39 is 23.8 Å². The van der Waals surface area contributed by atoms with Gasteiger partial charge >= 0.3 is 0 Å². The number of hydrogen-bond acceptors (Lipinski definition) is 3. The summed E-state index contributed by atoms with van der Waals surface area (Å²) in [5.41, 5.74) is 13.7. The van der Waals surface area contributed by atoms with Crippen molar-refractivity contribution in [2.75, 3.05) is 4.90 Å². The van der Waals surface area contributed by atoms with E-state index in [1.807, 2.05) is 60.7 Å². The first kappa shape index (κ1) is 32.2. The molecule has 0 spiro atoms. The molecule has 3 amide bonds. The van der Waals surface area contributed by atoms with E-state index >= 15 is 0 Å². The van der Waals surface area contributed by atoms with Crippen molar-refractivity contribution < 1.29 is 14.4 Å². The van der Waals surface area contributed by atoms with Crippen LogP contribution in [0.5, 0.6) is 0 Å². The predicted molar refractivity (Wildman–Crippen MR) is 188 cm³/mol. The third kappa shape index (κ3) is 7.02. The zero-order valence-corrected chi connectivity index (χ0v) is 27.5. The van der Waals surface area contributed by atoms with E-state index in [4.69, 9.17) is 5.73 Å². The van der Waals surface area contributed by atoms with E-state index in [0.717, 1.165) is 71.2 Å². The van der Waals surface area contributed by atoms with Crippen LogP contribution < -0.4 is 16.0 Å². The fraction of sp³-hybridized carbons (Fsp3) is 0.341. The summed E-state index contributed by atoms with van der Waals surface area (Å²) in [5.74, 6) is -1.65. The number of fused-ring (bicyclic) bond motifs is 3. The molecule has 1 fully saturated rings. The Hall–Kier alpha value is -4.71. The normalized spacial score (nSPS) is 17.1. The average molecular weight is 628 g/mol. The zero-order valence-electron chi connectivity index (χ0n) is 27.5. The third-order valence-electron chi connectivity index (χ3n) is 10.1. The molecule has 1 saturated carbocycles. The van der Waals surface area contributed by atoms with E-state index in [9.17, 15) is 14.4 Å². The fourth-order valence-electron chi connectivity index (χ4n) is 7.18. The van der Waals surface area contributed by atoms with Crippen molar-refractivity contribution in [2.45, 2.75) is 71.4 Å². The van der Waals surface area contributed by atoms with Gasteiger partial charge in [-0.1, -0.05) is 130 Å². The summed E-state index contributed by atoms with van der Waals surface area (Å²) in [6.45, 7) is 4.48. The lowest BCUT2D eigenvalue weighted by Gasteiger charge is -2.33. The lowest BCUT2D eigenvalue weighted by atomic mass is 9.73. The van der Waals surface area contributed by atoms with Crippen molar-refractivity contribution in [3.63, 3.8) is 0 Å². The molecule has 242 valence electrons. The van der Waals surface area contributed by atoms with Crippen LogP contribution in [0.25, 0.3) is 22.3 Å². The monoisotopic (exact) mass is 627 g/mol. The second kappa shape index (κ2) is 14.4. The number of benzene rings is 4. The number of carbonyl (C=O) groups is 3. The Morgan fingerprint density at radius 2 is 1.60 bits per heavy atom. The van der Waals surface area contributed by atoms with Gasteiger partial charge < -0.3 is 16.0 Å². The number of rotatable bonds is 12. The summed E-state index contributed by atoms with van der Waals surface area (Å²) in [4.78, 5) is 43.7. The maximum absolute atomic E-state index is 14.8. The van der Waals surface area contributed by atoms with Crippen molar-refractivity contribution >= 4 is 23.4 Å². The molecular formula is C41H45N3O3. The lowest BCUT2D eigenvalue weighted by molar-refractivity contribution is -0.136. The van der Waals surface area contributed by atoms with Crippen LogP contribution in [0.1, 0.15) is 74.6 Å². The van der Waals surface area contributed by atoms with E-state index in [1.54, 1.807) is 4.90 Å². The van der Waals surface area contributed by atoms with Gasteiger partial charge in [0.1, 0.15) is 6.04 Å². The molecule has 4 aromatic rings. The Bertz CT molecular complexity index is 1740. The van der Waals surface area contributed by atoms with Gasteiger partial charge in [-0.15, -0.1) is 0 Å². The molecule has 0 radical (unpaired) electrons. The van der Waals surface area contributed by atoms with Gasteiger partial charge in [0.25, 0.3) is 5.91 Å². The number of unbranched alkanes of at least 4 members (excludes halogenated alkanes) is 1. The number of carbonyl (C=O) groups excluding carboxylic acids is 3. The van der Waals surface area contributed by atoms with Crippen LogP contribution in [0.4, 0.5) is 5.69 Å². The maximum atomic E-state index is 14.8. The minimum atomic E-state index is -0.921. The smallest absolute Gasteiger partial charge is 0.254 e. The molecule has 0 aromatic heterocycles. The maximum Gasteiger partial charge on any atom is 0.254 e. The van der Waals surface area contributed by atoms with Gasteiger partial charge in [0.05, 0.1) is 12.2 Å². The molecule has 6 heteroatoms. The highest BCUT2D eigenvalue weighted by atomic mass is 16.2. The molecule has 2 aliphatic rings. The first-order valence-corrected chi connectivity index (χ1v) is 17.1. The highest BCUT2D eigenvalue weighted by molar-refractivity contribution is 6.06. The van der Waals surface area contributed by atoms with E-state index in [0.29, 0.717) is 25.3 Å².